The SMILES string of the molecule is O=C(CN1C(=O)N/C(=C/c2cn(Cc3ccc([N+](=O)[O-])cc3)c3ccccc23)C1=O)Nc1ccccc1F. The molecule has 0 saturated carbocycles. The van der Waals surface area contributed by atoms with Crippen LogP contribution in [0.15, 0.2) is 84.7 Å². The molecule has 0 spiro atoms. The standard InChI is InChI=1S/C27H20FN5O5/c28-21-6-2-3-7-22(21)29-25(34)16-32-26(35)23(30-27(32)36)13-18-15-31(24-8-4-1-5-20(18)24)14-17-9-11-19(12-10-17)33(37)38/h1-13,15H,14,16H2,(H,29,34)(H,30,36)/b23-13+. The van der Waals surface area contributed by atoms with E-state index >= 15 is 0 Å². The monoisotopic (exact) mass is 513 g/mol. The average molecular weight is 513 g/mol. The van der Waals surface area contributed by atoms with E-state index in [-0.39, 0.29) is 17.1 Å². The fourth-order valence-electron chi connectivity index (χ4n) is 4.21. The molecule has 1 aromatic heterocycles. The van der Waals surface area contributed by atoms with Crippen LogP contribution in [0.1, 0.15) is 11.1 Å². The number of carbonyl (C=O) groups is 3. The summed E-state index contributed by atoms with van der Waals surface area (Å²) in [5, 5.41) is 16.6. The number of amides is 4. The molecule has 10 nitrogen and oxygen atoms in total. The van der Waals surface area contributed by atoms with Crippen molar-refractivity contribution in [3.8, 4) is 0 Å². The van der Waals surface area contributed by atoms with Crippen molar-refractivity contribution in [2.24, 2.45) is 0 Å². The highest BCUT2D eigenvalue weighted by atomic mass is 19.1. The van der Waals surface area contributed by atoms with Crippen LogP contribution in [0.4, 0.5) is 20.6 Å². The number of nitrogens with zero attached hydrogens (tertiary/aromatic N) is 3. The van der Waals surface area contributed by atoms with Gasteiger partial charge in [-0.05, 0) is 29.8 Å². The van der Waals surface area contributed by atoms with E-state index < -0.39 is 35.1 Å². The minimum atomic E-state index is -0.764. The predicted molar refractivity (Wildman–Crippen MR) is 137 cm³/mol. The molecule has 3 aromatic carbocycles. The fourth-order valence-corrected chi connectivity index (χ4v) is 4.21. The third-order valence-corrected chi connectivity index (χ3v) is 6.03. The molecule has 11 heteroatoms. The zero-order valence-electron chi connectivity index (χ0n) is 19.8. The highest BCUT2D eigenvalue weighted by molar-refractivity contribution is 6.16. The molecule has 5 rings (SSSR count). The van der Waals surface area contributed by atoms with Crippen molar-refractivity contribution in [2.45, 2.75) is 6.54 Å². The summed E-state index contributed by atoms with van der Waals surface area (Å²) in [4.78, 5) is 49.0. The van der Waals surface area contributed by atoms with Gasteiger partial charge in [-0.2, -0.15) is 0 Å². The van der Waals surface area contributed by atoms with Crippen molar-refractivity contribution in [1.29, 1.82) is 0 Å². The number of nitro benzene ring substituents is 1. The first-order chi connectivity index (χ1) is 18.3. The smallest absolute Gasteiger partial charge is 0.329 e. The van der Waals surface area contributed by atoms with Crippen molar-refractivity contribution < 1.29 is 23.7 Å². The van der Waals surface area contributed by atoms with E-state index in [0.29, 0.717) is 12.1 Å². The number of aromatic nitrogens is 1. The number of para-hydroxylation sites is 2. The number of non-ortho nitro benzene ring substituents is 1. The Labute approximate surface area is 215 Å². The van der Waals surface area contributed by atoms with Crippen molar-refractivity contribution in [3.05, 3.63) is 112 Å². The number of nitro groups is 1. The Balaban J connectivity index is 1.37. The van der Waals surface area contributed by atoms with Crippen LogP contribution in [-0.4, -0.2) is 38.8 Å². The molecule has 4 amide bonds. The molecule has 0 atom stereocenters. The maximum Gasteiger partial charge on any atom is 0.329 e. The first kappa shape index (κ1) is 24.4. The maximum atomic E-state index is 13.8. The largest absolute Gasteiger partial charge is 0.342 e. The Morgan fingerprint density at radius 2 is 1.74 bits per heavy atom. The molecular formula is C27H20FN5O5. The summed E-state index contributed by atoms with van der Waals surface area (Å²) in [7, 11) is 0. The number of urea groups is 1. The zero-order chi connectivity index (χ0) is 26.8. The van der Waals surface area contributed by atoms with E-state index in [0.717, 1.165) is 21.4 Å². The number of halogens is 1. The van der Waals surface area contributed by atoms with Gasteiger partial charge in [0, 0.05) is 41.3 Å². The van der Waals surface area contributed by atoms with Crippen molar-refractivity contribution in [2.75, 3.05) is 11.9 Å². The highest BCUT2D eigenvalue weighted by Crippen LogP contribution is 2.26. The lowest BCUT2D eigenvalue weighted by Gasteiger charge is -2.12. The number of rotatable bonds is 7. The number of carbonyl (C=O) groups excluding carboxylic acids is 3. The van der Waals surface area contributed by atoms with E-state index in [1.54, 1.807) is 18.2 Å². The first-order valence-corrected chi connectivity index (χ1v) is 11.5. The van der Waals surface area contributed by atoms with Gasteiger partial charge in [-0.3, -0.25) is 19.7 Å². The number of fused-ring (bicyclic) bond motifs is 1. The fraction of sp³-hybridized carbons (Fsp3) is 0.0741. The molecule has 0 unspecified atom stereocenters. The molecule has 0 radical (unpaired) electrons. The lowest BCUT2D eigenvalue weighted by molar-refractivity contribution is -0.384. The number of imide groups is 1. The van der Waals surface area contributed by atoms with Crippen molar-refractivity contribution in [3.63, 3.8) is 0 Å². The van der Waals surface area contributed by atoms with Gasteiger partial charge >= 0.3 is 6.03 Å². The van der Waals surface area contributed by atoms with Crippen LogP contribution in [0.3, 0.4) is 0 Å². The summed E-state index contributed by atoms with van der Waals surface area (Å²) in [6.45, 7) is -0.164. The van der Waals surface area contributed by atoms with Crippen molar-refractivity contribution >= 4 is 46.2 Å². The topological polar surface area (TPSA) is 127 Å². The molecule has 190 valence electrons. The van der Waals surface area contributed by atoms with Crippen molar-refractivity contribution in [1.82, 2.24) is 14.8 Å². The van der Waals surface area contributed by atoms with Gasteiger partial charge in [0.15, 0.2) is 0 Å². The molecule has 0 aliphatic carbocycles. The maximum absolute atomic E-state index is 13.8. The molecule has 1 saturated heterocycles. The molecule has 38 heavy (non-hydrogen) atoms. The van der Waals surface area contributed by atoms with Crippen LogP contribution in [-0.2, 0) is 16.1 Å². The van der Waals surface area contributed by atoms with Gasteiger partial charge < -0.3 is 15.2 Å². The second-order valence-corrected chi connectivity index (χ2v) is 8.56. The van der Waals surface area contributed by atoms with Gasteiger partial charge in [0.05, 0.1) is 10.6 Å². The molecule has 1 aliphatic rings. The van der Waals surface area contributed by atoms with Gasteiger partial charge in [0.25, 0.3) is 11.6 Å². The summed E-state index contributed by atoms with van der Waals surface area (Å²) in [5.41, 5.74) is 2.29. The van der Waals surface area contributed by atoms with Crippen LogP contribution in [0, 0.1) is 15.9 Å². The Bertz CT molecular complexity index is 1630. The minimum Gasteiger partial charge on any atom is -0.342 e. The normalized spacial score (nSPS) is 14.2. The molecule has 4 aromatic rings. The number of hydrogen-bond acceptors (Lipinski definition) is 5. The molecule has 0 bridgehead atoms. The van der Waals surface area contributed by atoms with Gasteiger partial charge in [0.1, 0.15) is 18.1 Å². The first-order valence-electron chi connectivity index (χ1n) is 11.5. The summed E-state index contributed by atoms with van der Waals surface area (Å²) in [5.74, 6) is -2.05. The highest BCUT2D eigenvalue weighted by Gasteiger charge is 2.35. The van der Waals surface area contributed by atoms with Gasteiger partial charge in [-0.25, -0.2) is 14.1 Å². The van der Waals surface area contributed by atoms with E-state index in [9.17, 15) is 28.9 Å². The Hall–Kier alpha value is -5.32. The van der Waals surface area contributed by atoms with Crippen LogP contribution >= 0.6 is 0 Å². The average Bonchev–Trinajstić information content (AvgIpc) is 3.37. The quantitative estimate of drug-likeness (QED) is 0.165. The second-order valence-electron chi connectivity index (χ2n) is 8.56. The van der Waals surface area contributed by atoms with E-state index in [4.69, 9.17) is 0 Å². The number of benzene rings is 3. The second kappa shape index (κ2) is 9.97. The van der Waals surface area contributed by atoms with Gasteiger partial charge in [-0.1, -0.05) is 42.5 Å². The van der Waals surface area contributed by atoms with Gasteiger partial charge in [-0.15, -0.1) is 0 Å². The molecule has 2 heterocycles. The third kappa shape index (κ3) is 4.85. The van der Waals surface area contributed by atoms with E-state index in [1.807, 2.05) is 35.0 Å². The minimum absolute atomic E-state index is 0.000775. The van der Waals surface area contributed by atoms with Crippen LogP contribution < -0.4 is 10.6 Å². The van der Waals surface area contributed by atoms with Crippen LogP contribution in [0.25, 0.3) is 17.0 Å². The zero-order valence-corrected chi connectivity index (χ0v) is 19.8. The molecular weight excluding hydrogens is 493 g/mol. The number of anilines is 1. The lowest BCUT2D eigenvalue weighted by atomic mass is 10.1. The summed E-state index contributed by atoms with van der Waals surface area (Å²) >= 11 is 0. The summed E-state index contributed by atoms with van der Waals surface area (Å²) in [6, 6.07) is 18.5. The predicted octanol–water partition coefficient (Wildman–Crippen LogP) is 4.27. The number of hydrogen-bond donors (Lipinski definition) is 2. The number of nitrogens with one attached hydrogen (secondary N) is 2. The van der Waals surface area contributed by atoms with Crippen LogP contribution in [0.2, 0.25) is 0 Å². The Morgan fingerprint density at radius 1 is 1.03 bits per heavy atom. The molecule has 2 N–H and O–H groups in total. The van der Waals surface area contributed by atoms with Crippen LogP contribution in [0.5, 0.6) is 0 Å². The lowest BCUT2D eigenvalue weighted by Crippen LogP contribution is -2.38. The van der Waals surface area contributed by atoms with E-state index in [2.05, 4.69) is 10.6 Å². The summed E-state index contributed by atoms with van der Waals surface area (Å²) < 4.78 is 15.8. The molecule has 1 aliphatic heterocycles. The van der Waals surface area contributed by atoms with Gasteiger partial charge in [0.2, 0.25) is 5.91 Å². The Morgan fingerprint density at radius 3 is 2.47 bits per heavy atom. The van der Waals surface area contributed by atoms with E-state index in [1.165, 1.54) is 36.4 Å². The third-order valence-electron chi connectivity index (χ3n) is 6.03. The molecule has 1 fully saturated rings. The Kier molecular flexibility index (Phi) is 6.40. The summed E-state index contributed by atoms with van der Waals surface area (Å²) in [6.07, 6.45) is 3.34.